The van der Waals surface area contributed by atoms with E-state index in [2.05, 4.69) is 36.3 Å². The molecule has 4 nitrogen and oxygen atoms in total. The second-order valence-corrected chi connectivity index (χ2v) is 6.26. The highest BCUT2D eigenvalue weighted by Gasteiger charge is 2.11. The van der Waals surface area contributed by atoms with Gasteiger partial charge < -0.3 is 9.73 Å². The molecule has 5 heteroatoms. The molecule has 0 aliphatic rings. The summed E-state index contributed by atoms with van der Waals surface area (Å²) in [6, 6.07) is 7.67. The minimum atomic E-state index is 0.101. The van der Waals surface area contributed by atoms with Crippen molar-refractivity contribution in [2.24, 2.45) is 0 Å². The van der Waals surface area contributed by atoms with E-state index in [1.807, 2.05) is 24.3 Å². The zero-order chi connectivity index (χ0) is 14.6. The Bertz CT molecular complexity index is 560. The van der Waals surface area contributed by atoms with Crippen LogP contribution in [-0.2, 0) is 12.8 Å². The van der Waals surface area contributed by atoms with Gasteiger partial charge in [-0.1, -0.05) is 23.7 Å². The second kappa shape index (κ2) is 6.37. The van der Waals surface area contributed by atoms with Gasteiger partial charge in [-0.2, -0.15) is 0 Å². The first-order chi connectivity index (χ1) is 9.42. The topological polar surface area (TPSA) is 51.0 Å². The van der Waals surface area contributed by atoms with Crippen LogP contribution in [0.15, 0.2) is 28.7 Å². The number of benzene rings is 1. The van der Waals surface area contributed by atoms with E-state index < -0.39 is 0 Å². The largest absolute Gasteiger partial charge is 0.425 e. The molecule has 1 aromatic carbocycles. The quantitative estimate of drug-likeness (QED) is 0.919. The first-order valence-electron chi connectivity index (χ1n) is 6.73. The average molecular weight is 294 g/mol. The fraction of sp³-hybridized carbons (Fsp3) is 0.467. The predicted octanol–water partition coefficient (Wildman–Crippen LogP) is 3.24. The van der Waals surface area contributed by atoms with Gasteiger partial charge in [0, 0.05) is 23.5 Å². The molecule has 0 atom stereocenters. The highest BCUT2D eigenvalue weighted by atomic mass is 35.5. The summed E-state index contributed by atoms with van der Waals surface area (Å²) >= 11 is 5.95. The summed E-state index contributed by atoms with van der Waals surface area (Å²) in [5.74, 6) is 1.29. The lowest BCUT2D eigenvalue weighted by Crippen LogP contribution is -2.37. The molecule has 20 heavy (non-hydrogen) atoms. The minimum absolute atomic E-state index is 0.101. The Morgan fingerprint density at radius 2 is 1.95 bits per heavy atom. The molecule has 108 valence electrons. The van der Waals surface area contributed by atoms with Gasteiger partial charge in [-0.15, -0.1) is 10.2 Å². The molecule has 0 aliphatic heterocycles. The van der Waals surface area contributed by atoms with E-state index in [-0.39, 0.29) is 5.54 Å². The Balaban J connectivity index is 1.89. The Morgan fingerprint density at radius 1 is 1.20 bits per heavy atom. The molecule has 1 N–H and O–H groups in total. The average Bonchev–Trinajstić information content (AvgIpc) is 2.75. The fourth-order valence-corrected chi connectivity index (χ4v) is 2.04. The molecule has 1 heterocycles. The monoisotopic (exact) mass is 293 g/mol. The van der Waals surface area contributed by atoms with Crippen LogP contribution in [0.4, 0.5) is 0 Å². The maximum Gasteiger partial charge on any atom is 0.220 e. The highest BCUT2D eigenvalue weighted by Crippen LogP contribution is 2.14. The maximum atomic E-state index is 5.95. The molecule has 0 amide bonds. The van der Waals surface area contributed by atoms with Gasteiger partial charge in [0.2, 0.25) is 11.8 Å². The lowest BCUT2D eigenvalue weighted by molar-refractivity contribution is 0.403. The summed E-state index contributed by atoms with van der Waals surface area (Å²) in [7, 11) is 0. The van der Waals surface area contributed by atoms with Crippen LogP contribution in [0.25, 0.3) is 0 Å². The molecule has 0 unspecified atom stereocenters. The van der Waals surface area contributed by atoms with Crippen LogP contribution in [0.3, 0.4) is 0 Å². The second-order valence-electron chi connectivity index (χ2n) is 5.82. The molecule has 2 rings (SSSR count). The van der Waals surface area contributed by atoms with Gasteiger partial charge in [0.15, 0.2) is 0 Å². The van der Waals surface area contributed by atoms with Crippen molar-refractivity contribution in [2.75, 3.05) is 6.54 Å². The first-order valence-corrected chi connectivity index (χ1v) is 7.11. The molecule has 0 saturated carbocycles. The van der Waals surface area contributed by atoms with Crippen molar-refractivity contribution >= 4 is 11.6 Å². The van der Waals surface area contributed by atoms with Crippen molar-refractivity contribution in [3.63, 3.8) is 0 Å². The third-order valence-electron chi connectivity index (χ3n) is 2.75. The summed E-state index contributed by atoms with van der Waals surface area (Å²) < 4.78 is 5.64. The van der Waals surface area contributed by atoms with E-state index >= 15 is 0 Å². The zero-order valence-electron chi connectivity index (χ0n) is 12.1. The minimum Gasteiger partial charge on any atom is -0.425 e. The fourth-order valence-electron chi connectivity index (χ4n) is 1.83. The molecule has 2 aromatic rings. The predicted molar refractivity (Wildman–Crippen MR) is 80.0 cm³/mol. The van der Waals surface area contributed by atoms with Crippen molar-refractivity contribution < 1.29 is 4.42 Å². The summed E-state index contributed by atoms with van der Waals surface area (Å²) in [5, 5.41) is 12.2. The number of hydrogen-bond donors (Lipinski definition) is 1. The number of halogens is 1. The van der Waals surface area contributed by atoms with E-state index in [0.717, 1.165) is 23.6 Å². The van der Waals surface area contributed by atoms with Crippen LogP contribution in [0, 0.1) is 0 Å². The van der Waals surface area contributed by atoms with Crippen molar-refractivity contribution in [3.8, 4) is 0 Å². The standard InChI is InChI=1S/C15H20ClN3O/c1-15(2,3)17-8-7-13-18-19-14(20-13)10-11-5-4-6-12(16)9-11/h4-6,9,17H,7-8,10H2,1-3H3. The molecular weight excluding hydrogens is 274 g/mol. The Morgan fingerprint density at radius 3 is 2.65 bits per heavy atom. The Labute approximate surface area is 124 Å². The van der Waals surface area contributed by atoms with Crippen molar-refractivity contribution in [3.05, 3.63) is 46.6 Å². The molecule has 0 aliphatic carbocycles. The number of rotatable bonds is 5. The van der Waals surface area contributed by atoms with E-state index in [4.69, 9.17) is 16.0 Å². The number of hydrogen-bond acceptors (Lipinski definition) is 4. The van der Waals surface area contributed by atoms with Gasteiger partial charge in [0.1, 0.15) is 0 Å². The van der Waals surface area contributed by atoms with E-state index in [9.17, 15) is 0 Å². The summed E-state index contributed by atoms with van der Waals surface area (Å²) in [5.41, 5.74) is 1.17. The third-order valence-corrected chi connectivity index (χ3v) is 2.98. The van der Waals surface area contributed by atoms with E-state index in [1.54, 1.807) is 0 Å². The van der Waals surface area contributed by atoms with Gasteiger partial charge in [-0.3, -0.25) is 0 Å². The third kappa shape index (κ3) is 4.94. The molecule has 0 saturated heterocycles. The van der Waals surface area contributed by atoms with E-state index in [0.29, 0.717) is 18.2 Å². The summed E-state index contributed by atoms with van der Waals surface area (Å²) in [6.45, 7) is 7.21. The molecule has 1 aromatic heterocycles. The normalized spacial score (nSPS) is 11.8. The summed E-state index contributed by atoms with van der Waals surface area (Å²) in [6.07, 6.45) is 1.35. The van der Waals surface area contributed by atoms with Crippen LogP contribution in [0.1, 0.15) is 38.1 Å². The SMILES string of the molecule is CC(C)(C)NCCc1nnc(Cc2cccc(Cl)c2)o1. The lowest BCUT2D eigenvalue weighted by Gasteiger charge is -2.19. The van der Waals surface area contributed by atoms with Crippen LogP contribution in [0.5, 0.6) is 0 Å². The number of nitrogens with zero attached hydrogens (tertiary/aromatic N) is 2. The van der Waals surface area contributed by atoms with Crippen molar-refractivity contribution in [2.45, 2.75) is 39.2 Å². The molecular formula is C15H20ClN3O. The van der Waals surface area contributed by atoms with Crippen LogP contribution in [0.2, 0.25) is 5.02 Å². The van der Waals surface area contributed by atoms with Gasteiger partial charge in [0.05, 0.1) is 6.42 Å². The smallest absolute Gasteiger partial charge is 0.220 e. The van der Waals surface area contributed by atoms with Crippen LogP contribution in [-0.4, -0.2) is 22.3 Å². The van der Waals surface area contributed by atoms with Crippen molar-refractivity contribution in [1.82, 2.24) is 15.5 Å². The summed E-state index contributed by atoms with van der Waals surface area (Å²) in [4.78, 5) is 0. The molecule has 0 bridgehead atoms. The highest BCUT2D eigenvalue weighted by molar-refractivity contribution is 6.30. The Kier molecular flexibility index (Phi) is 4.78. The van der Waals surface area contributed by atoms with Gasteiger partial charge in [-0.25, -0.2) is 0 Å². The molecule has 0 radical (unpaired) electrons. The van der Waals surface area contributed by atoms with Gasteiger partial charge >= 0.3 is 0 Å². The molecule has 0 fully saturated rings. The van der Waals surface area contributed by atoms with E-state index in [1.165, 1.54) is 0 Å². The maximum absolute atomic E-state index is 5.95. The van der Waals surface area contributed by atoms with Gasteiger partial charge in [0.25, 0.3) is 0 Å². The zero-order valence-corrected chi connectivity index (χ0v) is 12.9. The van der Waals surface area contributed by atoms with Crippen molar-refractivity contribution in [1.29, 1.82) is 0 Å². The Hall–Kier alpha value is -1.39. The van der Waals surface area contributed by atoms with Crippen LogP contribution < -0.4 is 5.32 Å². The molecule has 0 spiro atoms. The lowest BCUT2D eigenvalue weighted by atomic mass is 10.1. The first kappa shape index (κ1) is 15.0. The van der Waals surface area contributed by atoms with Crippen LogP contribution >= 0.6 is 11.6 Å². The number of nitrogens with one attached hydrogen (secondary N) is 1. The number of aromatic nitrogens is 2. The van der Waals surface area contributed by atoms with Gasteiger partial charge in [-0.05, 0) is 38.5 Å².